The summed E-state index contributed by atoms with van der Waals surface area (Å²) in [6.45, 7) is 1.70. The maximum absolute atomic E-state index is 5.28. The molecule has 0 radical (unpaired) electrons. The monoisotopic (exact) mass is 252 g/mol. The highest BCUT2D eigenvalue weighted by Gasteiger charge is 2.14. The number of aromatic nitrogens is 2. The lowest BCUT2D eigenvalue weighted by molar-refractivity contribution is 0.475. The number of fused-ring (bicyclic) bond motifs is 2. The number of benzene rings is 1. The Labute approximate surface area is 101 Å². The fourth-order valence-corrected chi connectivity index (χ4v) is 3.51. The van der Waals surface area contributed by atoms with Crippen LogP contribution in [0, 0.1) is 7.91 Å². The summed E-state index contributed by atoms with van der Waals surface area (Å²) in [4.78, 5) is 0. The summed E-state index contributed by atoms with van der Waals surface area (Å²) in [5, 5.41) is 0. The van der Waals surface area contributed by atoms with Crippen molar-refractivity contribution < 1.29 is 0 Å². The van der Waals surface area contributed by atoms with E-state index in [1.165, 1.54) is 22.5 Å². The van der Waals surface area contributed by atoms with E-state index in [4.69, 9.17) is 24.4 Å². The molecule has 0 spiro atoms. The van der Waals surface area contributed by atoms with Gasteiger partial charge in [-0.25, -0.2) is 0 Å². The van der Waals surface area contributed by atoms with Crippen LogP contribution in [0.2, 0.25) is 0 Å². The molecular weight excluding hydrogens is 244 g/mol. The third-order valence-corrected chi connectivity index (χ3v) is 4.34. The summed E-state index contributed by atoms with van der Waals surface area (Å²) < 4.78 is 5.92. The fourth-order valence-electron chi connectivity index (χ4n) is 1.87. The van der Waals surface area contributed by atoms with Crippen molar-refractivity contribution in [3.05, 3.63) is 43.3 Å². The summed E-state index contributed by atoms with van der Waals surface area (Å²) in [5.41, 5.74) is 2.70. The quantitative estimate of drug-likeness (QED) is 0.568. The predicted octanol–water partition coefficient (Wildman–Crippen LogP) is 3.22. The molecule has 1 aliphatic heterocycles. The minimum Gasteiger partial charge on any atom is -0.260 e. The molecule has 3 rings (SSSR count). The summed E-state index contributed by atoms with van der Waals surface area (Å²) in [6.07, 6.45) is 0. The topological polar surface area (TPSA) is 9.86 Å². The van der Waals surface area contributed by atoms with Crippen LogP contribution in [0.3, 0.4) is 0 Å². The first-order valence-electron chi connectivity index (χ1n) is 4.63. The van der Waals surface area contributed by atoms with Gasteiger partial charge in [0.05, 0.1) is 13.1 Å². The Hall–Kier alpha value is -0.780. The molecule has 0 fully saturated rings. The van der Waals surface area contributed by atoms with E-state index in [9.17, 15) is 0 Å². The van der Waals surface area contributed by atoms with Gasteiger partial charge >= 0.3 is 0 Å². The molecule has 0 saturated carbocycles. The first-order valence-corrected chi connectivity index (χ1v) is 6.26. The third-order valence-electron chi connectivity index (χ3n) is 2.65. The minimum atomic E-state index is 0.849. The van der Waals surface area contributed by atoms with Crippen molar-refractivity contribution in [1.29, 1.82) is 0 Å². The summed E-state index contributed by atoms with van der Waals surface area (Å²) in [5.74, 6) is 0. The zero-order valence-corrected chi connectivity index (χ0v) is 10.3. The molecule has 0 bridgehead atoms. The van der Waals surface area contributed by atoms with Gasteiger partial charge in [-0.15, -0.1) is 0 Å². The average Bonchev–Trinajstić information content (AvgIpc) is 2.52. The minimum absolute atomic E-state index is 0.849. The standard InChI is InChI=1S/C10H8N2S3/c13-9-11-5-7-3-1-2-4-8(7)6-12(11)10(14)15-9/h1-4H,5-6H2. The highest BCUT2D eigenvalue weighted by molar-refractivity contribution is 7.75. The van der Waals surface area contributed by atoms with Gasteiger partial charge in [-0.2, -0.15) is 0 Å². The molecule has 76 valence electrons. The Kier molecular flexibility index (Phi) is 2.12. The molecule has 15 heavy (non-hydrogen) atoms. The Bertz CT molecular complexity index is 579. The van der Waals surface area contributed by atoms with Gasteiger partial charge in [-0.05, 0) is 35.6 Å². The van der Waals surface area contributed by atoms with Crippen LogP contribution in [0.1, 0.15) is 11.1 Å². The van der Waals surface area contributed by atoms with Gasteiger partial charge in [0.1, 0.15) is 0 Å². The van der Waals surface area contributed by atoms with Crippen molar-refractivity contribution in [2.45, 2.75) is 13.1 Å². The van der Waals surface area contributed by atoms with Crippen molar-refractivity contribution >= 4 is 35.8 Å². The van der Waals surface area contributed by atoms with Crippen LogP contribution in [0.25, 0.3) is 0 Å². The molecule has 0 atom stereocenters. The van der Waals surface area contributed by atoms with E-state index in [0.717, 1.165) is 21.0 Å². The Morgan fingerprint density at radius 2 is 1.40 bits per heavy atom. The zero-order chi connectivity index (χ0) is 10.4. The van der Waals surface area contributed by atoms with Crippen LogP contribution in [0.15, 0.2) is 24.3 Å². The van der Waals surface area contributed by atoms with Crippen molar-refractivity contribution in [2.75, 3.05) is 0 Å². The lowest BCUT2D eigenvalue weighted by Crippen LogP contribution is -2.21. The van der Waals surface area contributed by atoms with Gasteiger partial charge in [0.2, 0.25) is 0 Å². The van der Waals surface area contributed by atoms with E-state index in [1.807, 2.05) is 0 Å². The molecule has 0 unspecified atom stereocenters. The molecule has 0 aliphatic carbocycles. The lowest BCUT2D eigenvalue weighted by Gasteiger charge is -2.20. The normalized spacial score (nSPS) is 13.3. The molecule has 1 aliphatic rings. The second-order valence-corrected chi connectivity index (χ2v) is 5.79. The van der Waals surface area contributed by atoms with E-state index < -0.39 is 0 Å². The molecule has 5 heteroatoms. The third kappa shape index (κ3) is 1.42. The molecule has 1 aromatic heterocycles. The molecule has 2 heterocycles. The molecule has 0 saturated heterocycles. The van der Waals surface area contributed by atoms with Crippen LogP contribution in [0.4, 0.5) is 0 Å². The van der Waals surface area contributed by atoms with Gasteiger partial charge in [-0.3, -0.25) is 9.36 Å². The number of nitrogens with zero attached hydrogens (tertiary/aromatic N) is 2. The van der Waals surface area contributed by atoms with Gasteiger partial charge in [0, 0.05) is 0 Å². The number of hydrogen-bond donors (Lipinski definition) is 0. The van der Waals surface area contributed by atoms with E-state index in [0.29, 0.717) is 0 Å². The van der Waals surface area contributed by atoms with Crippen LogP contribution in [-0.2, 0) is 13.1 Å². The van der Waals surface area contributed by atoms with Crippen molar-refractivity contribution in [1.82, 2.24) is 9.36 Å². The predicted molar refractivity (Wildman–Crippen MR) is 66.6 cm³/mol. The smallest absolute Gasteiger partial charge is 0.178 e. The van der Waals surface area contributed by atoms with Crippen LogP contribution >= 0.6 is 35.8 Å². The van der Waals surface area contributed by atoms with Gasteiger partial charge in [0.25, 0.3) is 0 Å². The first kappa shape index (κ1) is 9.45. The molecule has 1 aromatic carbocycles. The fraction of sp³-hybridized carbons (Fsp3) is 0.200. The largest absolute Gasteiger partial charge is 0.260 e. The summed E-state index contributed by atoms with van der Waals surface area (Å²) in [6, 6.07) is 8.45. The molecule has 2 aromatic rings. The highest BCUT2D eigenvalue weighted by Crippen LogP contribution is 2.21. The first-order chi connectivity index (χ1) is 7.25. The van der Waals surface area contributed by atoms with Gasteiger partial charge in [0.15, 0.2) is 7.91 Å². The Morgan fingerprint density at radius 1 is 0.933 bits per heavy atom. The molecule has 2 nitrogen and oxygen atoms in total. The van der Waals surface area contributed by atoms with Gasteiger partial charge < -0.3 is 0 Å². The maximum atomic E-state index is 5.28. The number of hydrogen-bond acceptors (Lipinski definition) is 3. The van der Waals surface area contributed by atoms with E-state index in [2.05, 4.69) is 33.6 Å². The lowest BCUT2D eigenvalue weighted by atomic mass is 10.1. The average molecular weight is 252 g/mol. The second-order valence-electron chi connectivity index (χ2n) is 3.52. The Morgan fingerprint density at radius 3 is 1.87 bits per heavy atom. The van der Waals surface area contributed by atoms with E-state index in [-0.39, 0.29) is 0 Å². The van der Waals surface area contributed by atoms with E-state index in [1.54, 1.807) is 0 Å². The van der Waals surface area contributed by atoms with Crippen molar-refractivity contribution in [3.8, 4) is 0 Å². The van der Waals surface area contributed by atoms with Crippen molar-refractivity contribution in [2.24, 2.45) is 0 Å². The molecular formula is C10H8N2S3. The van der Waals surface area contributed by atoms with Crippen LogP contribution in [-0.4, -0.2) is 9.36 Å². The molecule has 0 N–H and O–H groups in total. The number of rotatable bonds is 0. The van der Waals surface area contributed by atoms with Crippen LogP contribution < -0.4 is 0 Å². The molecule has 0 amide bonds. The maximum Gasteiger partial charge on any atom is 0.178 e. The zero-order valence-electron chi connectivity index (χ0n) is 7.84. The van der Waals surface area contributed by atoms with Gasteiger partial charge in [-0.1, -0.05) is 35.6 Å². The van der Waals surface area contributed by atoms with Crippen LogP contribution in [0.5, 0.6) is 0 Å². The van der Waals surface area contributed by atoms with Crippen molar-refractivity contribution in [3.63, 3.8) is 0 Å². The SMILES string of the molecule is S=c1sc(=S)n2n1Cc1ccccc1C2. The second kappa shape index (κ2) is 3.37. The summed E-state index contributed by atoms with van der Waals surface area (Å²) in [7, 11) is 0. The Balaban J connectivity index is 2.25. The van der Waals surface area contributed by atoms with E-state index >= 15 is 0 Å². The summed E-state index contributed by atoms with van der Waals surface area (Å²) >= 11 is 12.1. The highest BCUT2D eigenvalue weighted by atomic mass is 32.2.